The van der Waals surface area contributed by atoms with Crippen molar-refractivity contribution in [2.24, 2.45) is 7.05 Å². The fourth-order valence-electron chi connectivity index (χ4n) is 2.67. The molecule has 1 aromatic heterocycles. The minimum absolute atomic E-state index is 0.00135. The molecule has 1 unspecified atom stereocenters. The molecular formula is C14H23N3O3. The lowest BCUT2D eigenvalue weighted by Gasteiger charge is -2.24. The Balaban J connectivity index is 2.09. The van der Waals surface area contributed by atoms with Crippen molar-refractivity contribution in [3.63, 3.8) is 0 Å². The standard InChI is InChI=1S/C14H23N3O3/c1-9-11(12(18)16(5)15-9)10-6-7-17(8-10)13(19)20-14(2,3)4/h10,15H,6-8H2,1-5H3. The van der Waals surface area contributed by atoms with Crippen molar-refractivity contribution in [3.05, 3.63) is 21.6 Å². The van der Waals surface area contributed by atoms with Crippen LogP contribution in [0.1, 0.15) is 44.4 Å². The molecule has 1 aromatic rings. The van der Waals surface area contributed by atoms with Crippen LogP contribution in [0.3, 0.4) is 0 Å². The Morgan fingerprint density at radius 3 is 2.55 bits per heavy atom. The highest BCUT2D eigenvalue weighted by Crippen LogP contribution is 2.27. The number of hydrogen-bond acceptors (Lipinski definition) is 3. The number of hydrogen-bond donors (Lipinski definition) is 1. The molecule has 0 bridgehead atoms. The van der Waals surface area contributed by atoms with E-state index < -0.39 is 5.60 Å². The minimum Gasteiger partial charge on any atom is -0.444 e. The van der Waals surface area contributed by atoms with Gasteiger partial charge in [0.15, 0.2) is 0 Å². The Morgan fingerprint density at radius 1 is 1.40 bits per heavy atom. The van der Waals surface area contributed by atoms with Crippen LogP contribution < -0.4 is 5.56 Å². The van der Waals surface area contributed by atoms with Gasteiger partial charge in [-0.05, 0) is 34.1 Å². The van der Waals surface area contributed by atoms with Crippen LogP contribution in [-0.2, 0) is 11.8 Å². The molecule has 1 aliphatic heterocycles. The molecule has 6 nitrogen and oxygen atoms in total. The van der Waals surface area contributed by atoms with Crippen molar-refractivity contribution in [2.45, 2.75) is 45.6 Å². The summed E-state index contributed by atoms with van der Waals surface area (Å²) < 4.78 is 6.85. The zero-order valence-corrected chi connectivity index (χ0v) is 12.8. The van der Waals surface area contributed by atoms with Gasteiger partial charge in [0.05, 0.1) is 0 Å². The van der Waals surface area contributed by atoms with Crippen LogP contribution in [0.5, 0.6) is 0 Å². The van der Waals surface area contributed by atoms with E-state index in [4.69, 9.17) is 4.74 Å². The molecule has 1 N–H and O–H groups in total. The number of H-pyrrole nitrogens is 1. The van der Waals surface area contributed by atoms with Crippen molar-refractivity contribution in [1.29, 1.82) is 0 Å². The van der Waals surface area contributed by atoms with Gasteiger partial charge < -0.3 is 9.64 Å². The zero-order chi connectivity index (χ0) is 15.1. The van der Waals surface area contributed by atoms with Crippen molar-refractivity contribution >= 4 is 6.09 Å². The number of aromatic nitrogens is 2. The molecular weight excluding hydrogens is 258 g/mol. The van der Waals surface area contributed by atoms with Crippen LogP contribution in [0.15, 0.2) is 4.79 Å². The summed E-state index contributed by atoms with van der Waals surface area (Å²) in [7, 11) is 1.71. The van der Waals surface area contributed by atoms with Gasteiger partial charge in [-0.25, -0.2) is 4.79 Å². The third kappa shape index (κ3) is 2.89. The van der Waals surface area contributed by atoms with E-state index >= 15 is 0 Å². The second-order valence-corrected chi connectivity index (χ2v) is 6.43. The predicted octanol–water partition coefficient (Wildman–Crippen LogP) is 1.75. The van der Waals surface area contributed by atoms with Crippen LogP contribution in [0.4, 0.5) is 4.79 Å². The molecule has 0 aromatic carbocycles. The monoisotopic (exact) mass is 281 g/mol. The first-order valence-corrected chi connectivity index (χ1v) is 6.92. The molecule has 0 spiro atoms. The molecule has 1 aliphatic rings. The van der Waals surface area contributed by atoms with E-state index in [0.717, 1.165) is 17.7 Å². The first-order valence-electron chi connectivity index (χ1n) is 6.92. The highest BCUT2D eigenvalue weighted by molar-refractivity contribution is 5.68. The Bertz CT molecular complexity index is 565. The molecule has 0 aliphatic carbocycles. The molecule has 2 heterocycles. The highest BCUT2D eigenvalue weighted by Gasteiger charge is 2.33. The number of amides is 1. The maximum absolute atomic E-state index is 12.1. The lowest BCUT2D eigenvalue weighted by atomic mass is 9.99. The summed E-state index contributed by atoms with van der Waals surface area (Å²) in [5, 5.41) is 3.00. The first kappa shape index (κ1) is 14.7. The third-order valence-corrected chi connectivity index (χ3v) is 3.52. The number of ether oxygens (including phenoxy) is 1. The summed E-state index contributed by atoms with van der Waals surface area (Å²) in [6.07, 6.45) is 0.498. The van der Waals surface area contributed by atoms with Gasteiger partial charge in [-0.1, -0.05) is 0 Å². The smallest absolute Gasteiger partial charge is 0.410 e. The minimum atomic E-state index is -0.491. The van der Waals surface area contributed by atoms with E-state index in [1.165, 1.54) is 4.68 Å². The number of likely N-dealkylation sites (tertiary alicyclic amines) is 1. The normalized spacial score (nSPS) is 19.4. The summed E-state index contributed by atoms with van der Waals surface area (Å²) in [6.45, 7) is 8.63. The zero-order valence-electron chi connectivity index (χ0n) is 12.8. The Labute approximate surface area is 118 Å². The largest absolute Gasteiger partial charge is 0.444 e. The van der Waals surface area contributed by atoms with Crippen LogP contribution in [0.25, 0.3) is 0 Å². The number of carbonyl (C=O) groups is 1. The number of aryl methyl sites for hydroxylation is 2. The molecule has 1 saturated heterocycles. The van der Waals surface area contributed by atoms with Crippen LogP contribution >= 0.6 is 0 Å². The number of rotatable bonds is 1. The lowest BCUT2D eigenvalue weighted by molar-refractivity contribution is 0.0292. The number of nitrogens with one attached hydrogen (secondary N) is 1. The van der Waals surface area contributed by atoms with E-state index in [2.05, 4.69) is 5.10 Å². The van der Waals surface area contributed by atoms with Crippen molar-refractivity contribution in [1.82, 2.24) is 14.7 Å². The van der Waals surface area contributed by atoms with Crippen LogP contribution in [0, 0.1) is 6.92 Å². The number of carbonyl (C=O) groups excluding carboxylic acids is 1. The average molecular weight is 281 g/mol. The van der Waals surface area contributed by atoms with Gasteiger partial charge >= 0.3 is 6.09 Å². The topological polar surface area (TPSA) is 67.3 Å². The van der Waals surface area contributed by atoms with Gasteiger partial charge in [0.1, 0.15) is 5.60 Å². The molecule has 1 atom stereocenters. The molecule has 2 rings (SSSR count). The molecule has 6 heteroatoms. The summed E-state index contributed by atoms with van der Waals surface area (Å²) in [5.74, 6) is 0.0902. The second-order valence-electron chi connectivity index (χ2n) is 6.43. The average Bonchev–Trinajstić information content (AvgIpc) is 2.83. The number of aromatic amines is 1. The van der Waals surface area contributed by atoms with Gasteiger partial charge in [0.2, 0.25) is 0 Å². The van der Waals surface area contributed by atoms with Crippen LogP contribution in [-0.4, -0.2) is 39.5 Å². The van der Waals surface area contributed by atoms with Gasteiger partial charge in [-0.15, -0.1) is 0 Å². The summed E-state index contributed by atoms with van der Waals surface area (Å²) in [4.78, 5) is 25.8. The molecule has 1 fully saturated rings. The van der Waals surface area contributed by atoms with Crippen LogP contribution in [0.2, 0.25) is 0 Å². The van der Waals surface area contributed by atoms with Gasteiger partial charge in [0, 0.05) is 37.3 Å². The second kappa shape index (κ2) is 5.00. The molecule has 0 saturated carbocycles. The lowest BCUT2D eigenvalue weighted by Crippen LogP contribution is -2.35. The van der Waals surface area contributed by atoms with Gasteiger partial charge in [0.25, 0.3) is 5.56 Å². The van der Waals surface area contributed by atoms with Gasteiger partial charge in [-0.3, -0.25) is 14.6 Å². The van der Waals surface area contributed by atoms with E-state index in [9.17, 15) is 9.59 Å². The maximum atomic E-state index is 12.1. The third-order valence-electron chi connectivity index (χ3n) is 3.52. The fourth-order valence-corrected chi connectivity index (χ4v) is 2.67. The molecule has 112 valence electrons. The summed E-state index contributed by atoms with van der Waals surface area (Å²) >= 11 is 0. The van der Waals surface area contributed by atoms with Crippen molar-refractivity contribution < 1.29 is 9.53 Å². The fraction of sp³-hybridized carbons (Fsp3) is 0.714. The maximum Gasteiger partial charge on any atom is 0.410 e. The van der Waals surface area contributed by atoms with E-state index in [1.54, 1.807) is 11.9 Å². The summed E-state index contributed by atoms with van der Waals surface area (Å²) in [6, 6.07) is 0. The number of nitrogens with zero attached hydrogens (tertiary/aromatic N) is 2. The SMILES string of the molecule is Cc1[nH]n(C)c(=O)c1C1CCN(C(=O)OC(C)(C)C)C1. The quantitative estimate of drug-likeness (QED) is 0.852. The van der Waals surface area contributed by atoms with E-state index in [-0.39, 0.29) is 17.6 Å². The Kier molecular flexibility index (Phi) is 3.67. The highest BCUT2D eigenvalue weighted by atomic mass is 16.6. The van der Waals surface area contributed by atoms with Crippen molar-refractivity contribution in [3.8, 4) is 0 Å². The van der Waals surface area contributed by atoms with E-state index in [1.807, 2.05) is 27.7 Å². The molecule has 20 heavy (non-hydrogen) atoms. The Hall–Kier alpha value is -1.72. The molecule has 0 radical (unpaired) electrons. The first-order chi connectivity index (χ1) is 9.19. The van der Waals surface area contributed by atoms with Gasteiger partial charge in [-0.2, -0.15) is 0 Å². The van der Waals surface area contributed by atoms with Crippen molar-refractivity contribution in [2.75, 3.05) is 13.1 Å². The summed E-state index contributed by atoms with van der Waals surface area (Å²) in [5.41, 5.74) is 1.18. The van der Waals surface area contributed by atoms with E-state index in [0.29, 0.717) is 13.1 Å². The molecule has 1 amide bonds. The Morgan fingerprint density at radius 2 is 2.05 bits per heavy atom. The predicted molar refractivity (Wildman–Crippen MR) is 75.9 cm³/mol.